The molecule has 2 N–H and O–H groups in total. The van der Waals surface area contributed by atoms with Crippen LogP contribution in [0.2, 0.25) is 0 Å². The zero-order valence-corrected chi connectivity index (χ0v) is 13.5. The summed E-state index contributed by atoms with van der Waals surface area (Å²) in [5.74, 6) is 0.137. The predicted molar refractivity (Wildman–Crippen MR) is 81.1 cm³/mol. The first-order chi connectivity index (χ1) is 9.49. The number of rotatable bonds is 6. The van der Waals surface area contributed by atoms with Crippen LogP contribution in [0.15, 0.2) is 4.90 Å². The maximum Gasteiger partial charge on any atom is 0.184 e. The molecular formula is C12H21N3O3S2. The van der Waals surface area contributed by atoms with Gasteiger partial charge in [-0.15, -0.1) is 0 Å². The lowest BCUT2D eigenvalue weighted by Crippen LogP contribution is -2.32. The second-order valence-electron chi connectivity index (χ2n) is 4.78. The third-order valence-electron chi connectivity index (χ3n) is 3.47. The summed E-state index contributed by atoms with van der Waals surface area (Å²) in [6, 6.07) is 0. The lowest BCUT2D eigenvalue weighted by atomic mass is 10.2. The highest BCUT2D eigenvalue weighted by Gasteiger charge is 2.28. The molecule has 8 heteroatoms. The topological polar surface area (TPSA) is 85.5 Å². The summed E-state index contributed by atoms with van der Waals surface area (Å²) in [5, 5.41) is 0.641. The molecule has 0 aliphatic carbocycles. The summed E-state index contributed by atoms with van der Waals surface area (Å²) >= 11 is 1.15. The first-order valence-electron chi connectivity index (χ1n) is 6.84. The van der Waals surface area contributed by atoms with Crippen LogP contribution in [0, 0.1) is 0 Å². The molecule has 0 bridgehead atoms. The standard InChI is InChI=1S/C12H21N3O3S2/c1-3-15(8-9-6-5-7-18-9)12-10(11(13)14-19-12)20(16,17)4-2/h9H,3-8H2,1-2H3,(H2,13,14). The molecule has 0 spiro atoms. The Balaban J connectivity index is 2.30. The molecule has 20 heavy (non-hydrogen) atoms. The van der Waals surface area contributed by atoms with Crippen molar-refractivity contribution in [3.8, 4) is 0 Å². The molecule has 1 unspecified atom stereocenters. The Morgan fingerprint density at radius 2 is 2.25 bits per heavy atom. The number of hydrogen-bond acceptors (Lipinski definition) is 7. The molecule has 1 aromatic rings. The molecule has 1 aliphatic rings. The summed E-state index contributed by atoms with van der Waals surface area (Å²) in [6.07, 6.45) is 2.24. The number of nitrogens with zero attached hydrogens (tertiary/aromatic N) is 2. The third-order valence-corrected chi connectivity index (χ3v) is 6.30. The molecule has 1 fully saturated rings. The molecule has 0 aromatic carbocycles. The highest BCUT2D eigenvalue weighted by molar-refractivity contribution is 7.91. The Morgan fingerprint density at radius 1 is 1.50 bits per heavy atom. The normalized spacial score (nSPS) is 19.4. The maximum atomic E-state index is 12.2. The fourth-order valence-electron chi connectivity index (χ4n) is 2.31. The van der Waals surface area contributed by atoms with Gasteiger partial charge in [0.05, 0.1) is 11.9 Å². The van der Waals surface area contributed by atoms with Crippen molar-refractivity contribution in [2.24, 2.45) is 0 Å². The first-order valence-corrected chi connectivity index (χ1v) is 9.26. The van der Waals surface area contributed by atoms with Crippen LogP contribution in [0.1, 0.15) is 26.7 Å². The molecule has 1 saturated heterocycles. The Labute approximate surface area is 124 Å². The monoisotopic (exact) mass is 319 g/mol. The zero-order chi connectivity index (χ0) is 14.8. The van der Waals surface area contributed by atoms with E-state index in [4.69, 9.17) is 10.5 Å². The Bertz CT molecular complexity index is 550. The lowest BCUT2D eigenvalue weighted by molar-refractivity contribution is 0.116. The molecule has 0 radical (unpaired) electrons. The molecule has 114 valence electrons. The number of sulfone groups is 1. The van der Waals surface area contributed by atoms with Crippen molar-refractivity contribution in [3.63, 3.8) is 0 Å². The van der Waals surface area contributed by atoms with Crippen LogP contribution in [0.25, 0.3) is 0 Å². The van der Waals surface area contributed by atoms with Gasteiger partial charge in [0.15, 0.2) is 15.7 Å². The van der Waals surface area contributed by atoms with Crippen LogP contribution < -0.4 is 10.6 Å². The number of nitrogen functional groups attached to an aromatic ring is 1. The summed E-state index contributed by atoms with van der Waals surface area (Å²) in [7, 11) is -3.36. The largest absolute Gasteiger partial charge is 0.382 e. The molecule has 1 atom stereocenters. The number of anilines is 2. The van der Waals surface area contributed by atoms with E-state index in [2.05, 4.69) is 4.37 Å². The minimum absolute atomic E-state index is 0.0279. The van der Waals surface area contributed by atoms with Crippen LogP contribution in [0.3, 0.4) is 0 Å². The summed E-state index contributed by atoms with van der Waals surface area (Å²) in [5.41, 5.74) is 5.77. The van der Waals surface area contributed by atoms with E-state index < -0.39 is 9.84 Å². The fourth-order valence-corrected chi connectivity index (χ4v) is 4.69. The number of hydrogen-bond donors (Lipinski definition) is 1. The van der Waals surface area contributed by atoms with Gasteiger partial charge in [-0.25, -0.2) is 8.42 Å². The number of likely N-dealkylation sites (N-methyl/N-ethyl adjacent to an activating group) is 1. The molecule has 6 nitrogen and oxygen atoms in total. The molecular weight excluding hydrogens is 298 g/mol. The van der Waals surface area contributed by atoms with Gasteiger partial charge in [0.2, 0.25) is 0 Å². The van der Waals surface area contributed by atoms with Gasteiger partial charge < -0.3 is 15.4 Å². The van der Waals surface area contributed by atoms with Crippen LogP contribution >= 0.6 is 11.5 Å². The van der Waals surface area contributed by atoms with Crippen LogP contribution in [-0.2, 0) is 14.6 Å². The van der Waals surface area contributed by atoms with E-state index in [-0.39, 0.29) is 22.6 Å². The van der Waals surface area contributed by atoms with Gasteiger partial charge in [0, 0.05) is 19.7 Å². The van der Waals surface area contributed by atoms with Crippen LogP contribution in [-0.4, -0.2) is 44.3 Å². The Morgan fingerprint density at radius 3 is 2.80 bits per heavy atom. The van der Waals surface area contributed by atoms with E-state index in [9.17, 15) is 8.42 Å². The van der Waals surface area contributed by atoms with E-state index in [0.717, 1.165) is 31.0 Å². The quantitative estimate of drug-likeness (QED) is 0.855. The lowest BCUT2D eigenvalue weighted by Gasteiger charge is -2.25. The summed E-state index contributed by atoms with van der Waals surface area (Å²) in [4.78, 5) is 2.19. The highest BCUT2D eigenvalue weighted by Crippen LogP contribution is 2.35. The van der Waals surface area contributed by atoms with Gasteiger partial charge in [0.25, 0.3) is 0 Å². The van der Waals surface area contributed by atoms with Crippen molar-refractivity contribution >= 4 is 32.2 Å². The van der Waals surface area contributed by atoms with Crippen molar-refractivity contribution in [2.45, 2.75) is 37.7 Å². The first kappa shape index (κ1) is 15.5. The molecule has 2 heterocycles. The summed E-state index contributed by atoms with van der Waals surface area (Å²) in [6.45, 7) is 5.78. The van der Waals surface area contributed by atoms with Crippen molar-refractivity contribution in [1.82, 2.24) is 4.37 Å². The van der Waals surface area contributed by atoms with Crippen molar-refractivity contribution < 1.29 is 13.2 Å². The number of ether oxygens (including phenoxy) is 1. The van der Waals surface area contributed by atoms with E-state index >= 15 is 0 Å². The van der Waals surface area contributed by atoms with Crippen molar-refractivity contribution in [1.29, 1.82) is 0 Å². The zero-order valence-electron chi connectivity index (χ0n) is 11.8. The SMILES string of the molecule is CCN(CC1CCCO1)c1snc(N)c1S(=O)(=O)CC. The minimum Gasteiger partial charge on any atom is -0.382 e. The van der Waals surface area contributed by atoms with Gasteiger partial charge in [0.1, 0.15) is 9.90 Å². The highest BCUT2D eigenvalue weighted by atomic mass is 32.2. The van der Waals surface area contributed by atoms with Gasteiger partial charge in [-0.1, -0.05) is 6.92 Å². The smallest absolute Gasteiger partial charge is 0.184 e. The second kappa shape index (κ2) is 6.28. The Hall–Kier alpha value is -0.860. The number of nitrogens with two attached hydrogens (primary N) is 1. The average molecular weight is 319 g/mol. The van der Waals surface area contributed by atoms with Gasteiger partial charge in [-0.2, -0.15) is 4.37 Å². The average Bonchev–Trinajstić information content (AvgIpc) is 3.05. The van der Waals surface area contributed by atoms with E-state index in [1.807, 2.05) is 11.8 Å². The van der Waals surface area contributed by atoms with Gasteiger partial charge >= 0.3 is 0 Å². The minimum atomic E-state index is -3.36. The van der Waals surface area contributed by atoms with Gasteiger partial charge in [-0.05, 0) is 31.3 Å². The van der Waals surface area contributed by atoms with E-state index in [1.54, 1.807) is 6.92 Å². The molecule has 1 aromatic heterocycles. The van der Waals surface area contributed by atoms with Crippen molar-refractivity contribution in [3.05, 3.63) is 0 Å². The molecule has 0 amide bonds. The predicted octanol–water partition coefficient (Wildman–Crippen LogP) is 1.52. The van der Waals surface area contributed by atoms with Gasteiger partial charge in [-0.3, -0.25) is 0 Å². The molecule has 2 rings (SSSR count). The van der Waals surface area contributed by atoms with Crippen molar-refractivity contribution in [2.75, 3.05) is 36.1 Å². The third kappa shape index (κ3) is 3.07. The number of aromatic nitrogens is 1. The maximum absolute atomic E-state index is 12.2. The molecule has 0 saturated carbocycles. The Kier molecular flexibility index (Phi) is 4.87. The fraction of sp³-hybridized carbons (Fsp3) is 0.750. The van der Waals surface area contributed by atoms with Crippen LogP contribution in [0.4, 0.5) is 10.8 Å². The summed E-state index contributed by atoms with van der Waals surface area (Å²) < 4.78 is 34.0. The van der Waals surface area contributed by atoms with E-state index in [1.165, 1.54) is 0 Å². The molecule has 1 aliphatic heterocycles. The second-order valence-corrected chi connectivity index (χ2v) is 7.75. The van der Waals surface area contributed by atoms with Crippen LogP contribution in [0.5, 0.6) is 0 Å². The van der Waals surface area contributed by atoms with E-state index in [0.29, 0.717) is 18.1 Å².